The summed E-state index contributed by atoms with van der Waals surface area (Å²) in [7, 11) is 1.50. The number of methoxy groups -OCH3 is 1. The first kappa shape index (κ1) is 30.1. The Balaban J connectivity index is 1.72. The zero-order chi connectivity index (χ0) is 29.2. The Hall–Kier alpha value is -4.41. The molecule has 3 unspecified atom stereocenters. The summed E-state index contributed by atoms with van der Waals surface area (Å²) in [6.45, 7) is 4.13. The van der Waals surface area contributed by atoms with Gasteiger partial charge in [0.1, 0.15) is 25.0 Å². The van der Waals surface area contributed by atoms with E-state index in [1.807, 2.05) is 30.3 Å². The van der Waals surface area contributed by atoms with Gasteiger partial charge in [0.2, 0.25) is 11.8 Å². The molecule has 2 aromatic carbocycles. The Bertz CT molecular complexity index is 1220. The summed E-state index contributed by atoms with van der Waals surface area (Å²) in [6, 6.07) is 11.3. The van der Waals surface area contributed by atoms with Gasteiger partial charge >= 0.3 is 5.97 Å². The van der Waals surface area contributed by atoms with Gasteiger partial charge < -0.3 is 34.9 Å². The van der Waals surface area contributed by atoms with Crippen molar-refractivity contribution in [1.29, 1.82) is 0 Å². The first-order valence-electron chi connectivity index (χ1n) is 13.1. The van der Waals surface area contributed by atoms with Gasteiger partial charge in [0.25, 0.3) is 5.91 Å². The molecule has 1 aliphatic rings. The lowest BCUT2D eigenvalue weighted by Gasteiger charge is -2.31. The molecule has 1 fully saturated rings. The SMILES string of the molecule is COc1ccc(C(=O)NC(C(=O)N2CCCC2C(=O)NC(C=O)CC(=O)O)C(C)C)cc1OCc1ccccc1. The fourth-order valence-corrected chi connectivity index (χ4v) is 4.49. The Labute approximate surface area is 232 Å². The van der Waals surface area contributed by atoms with E-state index in [1.54, 1.807) is 32.0 Å². The predicted molar refractivity (Wildman–Crippen MR) is 145 cm³/mol. The van der Waals surface area contributed by atoms with Crippen LogP contribution in [0.2, 0.25) is 0 Å². The van der Waals surface area contributed by atoms with Crippen molar-refractivity contribution in [3.05, 3.63) is 59.7 Å². The largest absolute Gasteiger partial charge is 0.493 e. The number of carboxylic acid groups (broad SMARTS) is 1. The van der Waals surface area contributed by atoms with Crippen molar-refractivity contribution in [2.24, 2.45) is 5.92 Å². The molecule has 3 rings (SSSR count). The van der Waals surface area contributed by atoms with E-state index in [-0.39, 0.29) is 18.1 Å². The van der Waals surface area contributed by atoms with E-state index in [2.05, 4.69) is 10.6 Å². The van der Waals surface area contributed by atoms with Gasteiger partial charge in [-0.2, -0.15) is 0 Å². The van der Waals surface area contributed by atoms with Gasteiger partial charge in [-0.05, 0) is 42.5 Å². The number of benzene rings is 2. The zero-order valence-electron chi connectivity index (χ0n) is 22.8. The van der Waals surface area contributed by atoms with E-state index in [4.69, 9.17) is 14.6 Å². The van der Waals surface area contributed by atoms with Gasteiger partial charge in [0, 0.05) is 12.1 Å². The van der Waals surface area contributed by atoms with Gasteiger partial charge in [-0.3, -0.25) is 19.2 Å². The fourth-order valence-electron chi connectivity index (χ4n) is 4.49. The molecule has 3 atom stereocenters. The van der Waals surface area contributed by atoms with E-state index in [0.717, 1.165) is 5.56 Å². The minimum absolute atomic E-state index is 0.264. The van der Waals surface area contributed by atoms with E-state index in [0.29, 0.717) is 37.2 Å². The number of nitrogens with zero attached hydrogens (tertiary/aromatic N) is 1. The number of hydrogen-bond acceptors (Lipinski definition) is 7. The second-order valence-electron chi connectivity index (χ2n) is 9.87. The molecule has 1 aliphatic heterocycles. The topological polar surface area (TPSA) is 151 Å². The standard InChI is InChI=1S/C29H35N3O8/c1-18(2)26(29(38)32-13-7-10-22(32)28(37)30-21(16-33)15-25(34)35)31-27(36)20-11-12-23(39-3)24(14-20)40-17-19-8-5-4-6-9-19/h4-6,8-9,11-12,14,16,18,21-22,26H,7,10,13,15,17H2,1-3H3,(H,30,37)(H,31,36)(H,34,35). The number of aldehydes is 1. The predicted octanol–water partition coefficient (Wildman–Crippen LogP) is 2.18. The summed E-state index contributed by atoms with van der Waals surface area (Å²) in [5.41, 5.74) is 1.21. The molecule has 0 aromatic heterocycles. The number of carboxylic acids is 1. The number of ether oxygens (including phenoxy) is 2. The summed E-state index contributed by atoms with van der Waals surface area (Å²) < 4.78 is 11.3. The number of aliphatic carboxylic acids is 1. The van der Waals surface area contributed by atoms with Crippen LogP contribution in [0.15, 0.2) is 48.5 Å². The second kappa shape index (κ2) is 14.1. The summed E-state index contributed by atoms with van der Waals surface area (Å²) in [5, 5.41) is 14.1. The monoisotopic (exact) mass is 553 g/mol. The zero-order valence-corrected chi connectivity index (χ0v) is 22.8. The van der Waals surface area contributed by atoms with Crippen LogP contribution in [0, 0.1) is 5.92 Å². The highest BCUT2D eigenvalue weighted by atomic mass is 16.5. The lowest BCUT2D eigenvalue weighted by molar-refractivity contribution is -0.142. The highest BCUT2D eigenvalue weighted by molar-refractivity contribution is 5.99. The van der Waals surface area contributed by atoms with Gasteiger partial charge in [0.15, 0.2) is 11.5 Å². The minimum atomic E-state index is -1.23. The molecule has 11 heteroatoms. The highest BCUT2D eigenvalue weighted by Crippen LogP contribution is 2.29. The molecule has 214 valence electrons. The first-order chi connectivity index (χ1) is 19.1. The molecule has 1 saturated heterocycles. The van der Waals surface area contributed by atoms with Crippen molar-refractivity contribution < 1.29 is 38.6 Å². The molecule has 0 bridgehead atoms. The maximum Gasteiger partial charge on any atom is 0.305 e. The van der Waals surface area contributed by atoms with Gasteiger partial charge in [-0.15, -0.1) is 0 Å². The van der Waals surface area contributed by atoms with Gasteiger partial charge in [-0.25, -0.2) is 0 Å². The van der Waals surface area contributed by atoms with Crippen molar-refractivity contribution in [2.75, 3.05) is 13.7 Å². The van der Waals surface area contributed by atoms with Crippen LogP contribution < -0.4 is 20.1 Å². The van der Waals surface area contributed by atoms with Crippen LogP contribution in [0.3, 0.4) is 0 Å². The fraction of sp³-hybridized carbons (Fsp3) is 0.414. The molecular formula is C29H35N3O8. The van der Waals surface area contributed by atoms with Gasteiger partial charge in [-0.1, -0.05) is 44.2 Å². The number of rotatable bonds is 13. The average Bonchev–Trinajstić information content (AvgIpc) is 3.44. The van der Waals surface area contributed by atoms with Crippen molar-refractivity contribution in [3.8, 4) is 11.5 Å². The average molecular weight is 554 g/mol. The summed E-state index contributed by atoms with van der Waals surface area (Å²) in [6.07, 6.45) is 0.708. The van der Waals surface area contributed by atoms with Crippen molar-refractivity contribution in [2.45, 2.75) is 57.8 Å². The molecule has 0 radical (unpaired) electrons. The van der Waals surface area contributed by atoms with E-state index >= 15 is 0 Å². The molecular weight excluding hydrogens is 518 g/mol. The summed E-state index contributed by atoms with van der Waals surface area (Å²) >= 11 is 0. The number of carbonyl (C=O) groups is 5. The van der Waals surface area contributed by atoms with Crippen molar-refractivity contribution >= 4 is 30.0 Å². The number of hydrogen-bond donors (Lipinski definition) is 3. The maximum absolute atomic E-state index is 13.6. The number of likely N-dealkylation sites (tertiary alicyclic amines) is 1. The molecule has 0 aliphatic carbocycles. The third-order valence-electron chi connectivity index (χ3n) is 6.61. The van der Waals surface area contributed by atoms with Crippen LogP contribution in [0.1, 0.15) is 49.0 Å². The third-order valence-corrected chi connectivity index (χ3v) is 6.61. The van der Waals surface area contributed by atoms with Gasteiger partial charge in [0.05, 0.1) is 19.6 Å². The van der Waals surface area contributed by atoms with E-state index in [9.17, 15) is 24.0 Å². The molecule has 3 amide bonds. The van der Waals surface area contributed by atoms with Crippen LogP contribution >= 0.6 is 0 Å². The van der Waals surface area contributed by atoms with E-state index in [1.165, 1.54) is 12.0 Å². The maximum atomic E-state index is 13.6. The number of amides is 3. The quantitative estimate of drug-likeness (QED) is 0.319. The molecule has 2 aromatic rings. The lowest BCUT2D eigenvalue weighted by atomic mass is 10.0. The van der Waals surface area contributed by atoms with Crippen LogP contribution in [-0.2, 0) is 25.8 Å². The minimum Gasteiger partial charge on any atom is -0.493 e. The van der Waals surface area contributed by atoms with Crippen LogP contribution in [0.25, 0.3) is 0 Å². The highest BCUT2D eigenvalue weighted by Gasteiger charge is 2.39. The number of nitrogens with one attached hydrogen (secondary N) is 2. The summed E-state index contributed by atoms with van der Waals surface area (Å²) in [5.74, 6) is -2.25. The molecule has 3 N–H and O–H groups in total. The lowest BCUT2D eigenvalue weighted by Crippen LogP contribution is -2.56. The summed E-state index contributed by atoms with van der Waals surface area (Å²) in [4.78, 5) is 63.2. The second-order valence-corrected chi connectivity index (χ2v) is 9.87. The Morgan fingerprint density at radius 1 is 1.07 bits per heavy atom. The third kappa shape index (κ3) is 7.81. The smallest absolute Gasteiger partial charge is 0.305 e. The Morgan fingerprint density at radius 3 is 2.42 bits per heavy atom. The van der Waals surface area contributed by atoms with E-state index < -0.39 is 48.2 Å². The van der Waals surface area contributed by atoms with Crippen molar-refractivity contribution in [3.63, 3.8) is 0 Å². The Morgan fingerprint density at radius 2 is 1.80 bits per heavy atom. The van der Waals surface area contributed by atoms with Crippen molar-refractivity contribution in [1.82, 2.24) is 15.5 Å². The van der Waals surface area contributed by atoms with Crippen LogP contribution in [-0.4, -0.2) is 71.8 Å². The van der Waals surface area contributed by atoms with Crippen LogP contribution in [0.4, 0.5) is 0 Å². The Kier molecular flexibility index (Phi) is 10.6. The normalized spacial score (nSPS) is 16.1. The van der Waals surface area contributed by atoms with Crippen LogP contribution in [0.5, 0.6) is 11.5 Å². The molecule has 0 saturated carbocycles. The molecule has 1 heterocycles. The molecule has 40 heavy (non-hydrogen) atoms. The molecule has 0 spiro atoms. The molecule has 11 nitrogen and oxygen atoms in total. The first-order valence-corrected chi connectivity index (χ1v) is 13.1. The number of carbonyl (C=O) groups excluding carboxylic acids is 4.